The molecule has 1 aliphatic rings. The summed E-state index contributed by atoms with van der Waals surface area (Å²) in [4.78, 5) is 27.9. The van der Waals surface area contributed by atoms with Crippen LogP contribution in [0.2, 0.25) is 5.02 Å². The van der Waals surface area contributed by atoms with E-state index in [0.29, 0.717) is 10.8 Å². The van der Waals surface area contributed by atoms with Gasteiger partial charge in [-0.15, -0.1) is 0 Å². The molecule has 3 rings (SSSR count). The third-order valence-corrected chi connectivity index (χ3v) is 8.31. The van der Waals surface area contributed by atoms with E-state index < -0.39 is 28.5 Å². The molecular formula is C25H32ClN3O5S. The molecule has 35 heavy (non-hydrogen) atoms. The van der Waals surface area contributed by atoms with E-state index in [-0.39, 0.29) is 23.4 Å². The van der Waals surface area contributed by atoms with Crippen molar-refractivity contribution in [2.24, 2.45) is 0 Å². The third kappa shape index (κ3) is 6.96. The maximum absolute atomic E-state index is 13.4. The minimum atomic E-state index is -3.93. The minimum absolute atomic E-state index is 0.0311. The van der Waals surface area contributed by atoms with Crippen molar-refractivity contribution in [3.05, 3.63) is 59.1 Å². The van der Waals surface area contributed by atoms with E-state index in [1.54, 1.807) is 32.2 Å². The van der Waals surface area contributed by atoms with Crippen LogP contribution in [0.3, 0.4) is 0 Å². The molecule has 8 nitrogen and oxygen atoms in total. The number of nitrogens with zero attached hydrogens (tertiary/aromatic N) is 2. The molecule has 1 saturated carbocycles. The van der Waals surface area contributed by atoms with Crippen LogP contribution in [-0.4, -0.2) is 62.2 Å². The molecule has 0 spiro atoms. The largest absolute Gasteiger partial charge is 0.497 e. The molecule has 0 aromatic heterocycles. The molecule has 1 N–H and O–H groups in total. The van der Waals surface area contributed by atoms with Gasteiger partial charge >= 0.3 is 0 Å². The highest BCUT2D eigenvalue weighted by molar-refractivity contribution is 7.89. The first kappa shape index (κ1) is 27.0. The highest BCUT2D eigenvalue weighted by Gasteiger charge is 2.31. The standard InChI is InChI=1S/C25H32ClN3O5S/c1-18(25(31)27-21-8-4-5-9-21)29(16-19-7-6-10-22(15-19)34-3)24(30)17-28(2)35(32,33)23-13-11-20(26)12-14-23/h6-7,10-15,18,21H,4-5,8-9,16-17H2,1-3H3,(H,27,31). The number of nitrogens with one attached hydrogen (secondary N) is 1. The van der Waals surface area contributed by atoms with Crippen LogP contribution in [0.1, 0.15) is 38.2 Å². The number of carbonyl (C=O) groups excluding carboxylic acids is 2. The van der Waals surface area contributed by atoms with Crippen molar-refractivity contribution in [3.8, 4) is 5.75 Å². The first-order valence-corrected chi connectivity index (χ1v) is 13.4. The summed E-state index contributed by atoms with van der Waals surface area (Å²) in [7, 11) is -1.03. The van der Waals surface area contributed by atoms with E-state index in [9.17, 15) is 18.0 Å². The van der Waals surface area contributed by atoms with E-state index in [1.807, 2.05) is 6.07 Å². The first-order chi connectivity index (χ1) is 16.6. The Labute approximate surface area is 212 Å². The van der Waals surface area contributed by atoms with Gasteiger partial charge in [0.1, 0.15) is 11.8 Å². The lowest BCUT2D eigenvalue weighted by Crippen LogP contribution is -2.52. The van der Waals surface area contributed by atoms with Crippen LogP contribution < -0.4 is 10.1 Å². The quantitative estimate of drug-likeness (QED) is 0.516. The second kappa shape index (κ2) is 11.9. The molecule has 0 aliphatic heterocycles. The summed E-state index contributed by atoms with van der Waals surface area (Å²) in [6.07, 6.45) is 3.98. The maximum Gasteiger partial charge on any atom is 0.243 e. The number of halogens is 1. The zero-order valence-electron chi connectivity index (χ0n) is 20.2. The minimum Gasteiger partial charge on any atom is -0.497 e. The van der Waals surface area contributed by atoms with Gasteiger partial charge in [-0.25, -0.2) is 8.42 Å². The number of hydrogen-bond donors (Lipinski definition) is 1. The molecule has 1 atom stereocenters. The normalized spacial score (nSPS) is 15.1. The van der Waals surface area contributed by atoms with Gasteiger partial charge < -0.3 is 15.0 Å². The third-order valence-electron chi connectivity index (χ3n) is 6.24. The zero-order valence-corrected chi connectivity index (χ0v) is 21.8. The van der Waals surface area contributed by atoms with Crippen molar-refractivity contribution < 1.29 is 22.7 Å². The topological polar surface area (TPSA) is 96.0 Å². The van der Waals surface area contributed by atoms with Crippen LogP contribution in [0.15, 0.2) is 53.4 Å². The Kier molecular flexibility index (Phi) is 9.15. The second-order valence-corrected chi connectivity index (χ2v) is 11.2. The van der Waals surface area contributed by atoms with Gasteiger partial charge in [-0.05, 0) is 61.7 Å². The Morgan fingerprint density at radius 1 is 1.14 bits per heavy atom. The van der Waals surface area contributed by atoms with Gasteiger partial charge in [0.25, 0.3) is 0 Å². The summed E-state index contributed by atoms with van der Waals surface area (Å²) in [6.45, 7) is 1.37. The molecule has 0 saturated heterocycles. The second-order valence-electron chi connectivity index (χ2n) is 8.75. The summed E-state index contributed by atoms with van der Waals surface area (Å²) in [6, 6.07) is 12.3. The van der Waals surface area contributed by atoms with Crippen LogP contribution in [0.5, 0.6) is 5.75 Å². The van der Waals surface area contributed by atoms with Gasteiger partial charge in [0.15, 0.2) is 0 Å². The SMILES string of the molecule is COc1cccc(CN(C(=O)CN(C)S(=O)(=O)c2ccc(Cl)cc2)C(C)C(=O)NC2CCCC2)c1. The predicted molar refractivity (Wildman–Crippen MR) is 135 cm³/mol. The van der Waals surface area contributed by atoms with Crippen LogP contribution in [0.25, 0.3) is 0 Å². The van der Waals surface area contributed by atoms with E-state index in [1.165, 1.54) is 36.2 Å². The van der Waals surface area contributed by atoms with Crippen molar-refractivity contribution in [2.45, 2.75) is 56.1 Å². The number of amides is 2. The van der Waals surface area contributed by atoms with Crippen LogP contribution >= 0.6 is 11.6 Å². The summed E-state index contributed by atoms with van der Waals surface area (Å²) < 4.78 is 32.3. The van der Waals surface area contributed by atoms with E-state index in [4.69, 9.17) is 16.3 Å². The molecular weight excluding hydrogens is 490 g/mol. The van der Waals surface area contributed by atoms with Crippen LogP contribution in [-0.2, 0) is 26.2 Å². The van der Waals surface area contributed by atoms with Crippen molar-refractivity contribution >= 4 is 33.4 Å². The average molecular weight is 522 g/mol. The Bertz CT molecular complexity index is 1130. The molecule has 2 amide bonds. The van der Waals surface area contributed by atoms with Gasteiger partial charge in [0.05, 0.1) is 18.6 Å². The maximum atomic E-state index is 13.4. The van der Waals surface area contributed by atoms with Crippen molar-refractivity contribution in [2.75, 3.05) is 20.7 Å². The number of methoxy groups -OCH3 is 1. The summed E-state index contributed by atoms with van der Waals surface area (Å²) >= 11 is 5.88. The molecule has 190 valence electrons. The lowest BCUT2D eigenvalue weighted by atomic mass is 10.1. The summed E-state index contributed by atoms with van der Waals surface area (Å²) in [5.41, 5.74) is 0.765. The Morgan fingerprint density at radius 2 is 1.80 bits per heavy atom. The first-order valence-electron chi connectivity index (χ1n) is 11.6. The average Bonchev–Trinajstić information content (AvgIpc) is 3.35. The summed E-state index contributed by atoms with van der Waals surface area (Å²) in [5.74, 6) is -0.112. The molecule has 10 heteroatoms. The Hall–Kier alpha value is -2.62. The van der Waals surface area contributed by atoms with Crippen LogP contribution in [0.4, 0.5) is 0 Å². The number of hydrogen-bond acceptors (Lipinski definition) is 5. The highest BCUT2D eigenvalue weighted by atomic mass is 35.5. The Balaban J connectivity index is 1.81. The number of carbonyl (C=O) groups is 2. The van der Waals surface area contributed by atoms with Crippen molar-refractivity contribution in [1.29, 1.82) is 0 Å². The predicted octanol–water partition coefficient (Wildman–Crippen LogP) is 3.45. The molecule has 2 aromatic carbocycles. The van der Waals surface area contributed by atoms with E-state index in [2.05, 4.69) is 5.32 Å². The fourth-order valence-electron chi connectivity index (χ4n) is 4.09. The fourth-order valence-corrected chi connectivity index (χ4v) is 5.34. The monoisotopic (exact) mass is 521 g/mol. The number of sulfonamides is 1. The lowest BCUT2D eigenvalue weighted by Gasteiger charge is -2.31. The summed E-state index contributed by atoms with van der Waals surface area (Å²) in [5, 5.41) is 3.45. The van der Waals surface area contributed by atoms with Crippen LogP contribution in [0, 0.1) is 0 Å². The molecule has 2 aromatic rings. The molecule has 0 heterocycles. The highest BCUT2D eigenvalue weighted by Crippen LogP contribution is 2.21. The van der Waals surface area contributed by atoms with Crippen molar-refractivity contribution in [3.63, 3.8) is 0 Å². The molecule has 1 fully saturated rings. The number of ether oxygens (including phenoxy) is 1. The van der Waals surface area contributed by atoms with E-state index in [0.717, 1.165) is 35.6 Å². The number of likely N-dealkylation sites (N-methyl/N-ethyl adjacent to an activating group) is 1. The van der Waals surface area contributed by atoms with Gasteiger partial charge in [-0.2, -0.15) is 4.31 Å². The Morgan fingerprint density at radius 3 is 2.43 bits per heavy atom. The molecule has 1 unspecified atom stereocenters. The lowest BCUT2D eigenvalue weighted by molar-refractivity contribution is -0.140. The number of rotatable bonds is 10. The number of benzene rings is 2. The fraction of sp³-hybridized carbons (Fsp3) is 0.440. The molecule has 1 aliphatic carbocycles. The molecule has 0 radical (unpaired) electrons. The van der Waals surface area contributed by atoms with Gasteiger partial charge in [0, 0.05) is 24.7 Å². The van der Waals surface area contributed by atoms with Crippen molar-refractivity contribution in [1.82, 2.24) is 14.5 Å². The van der Waals surface area contributed by atoms with Gasteiger partial charge in [0.2, 0.25) is 21.8 Å². The van der Waals surface area contributed by atoms with Gasteiger partial charge in [-0.1, -0.05) is 36.6 Å². The smallest absolute Gasteiger partial charge is 0.243 e. The molecule has 0 bridgehead atoms. The van der Waals surface area contributed by atoms with Gasteiger partial charge in [-0.3, -0.25) is 9.59 Å². The zero-order chi connectivity index (χ0) is 25.6. The van der Waals surface area contributed by atoms with E-state index >= 15 is 0 Å².